The van der Waals surface area contributed by atoms with Gasteiger partial charge in [-0.25, -0.2) is 18.1 Å². The second-order valence-electron chi connectivity index (χ2n) is 6.55. The molecule has 1 aliphatic rings. The first kappa shape index (κ1) is 20.2. The van der Waals surface area contributed by atoms with Gasteiger partial charge in [0, 0.05) is 43.5 Å². The van der Waals surface area contributed by atoms with E-state index in [1.807, 2.05) is 6.07 Å². The van der Waals surface area contributed by atoms with Gasteiger partial charge in [-0.15, -0.1) is 0 Å². The van der Waals surface area contributed by atoms with Gasteiger partial charge in [-0.3, -0.25) is 10.1 Å². The molecule has 0 bridgehead atoms. The van der Waals surface area contributed by atoms with Crippen molar-refractivity contribution in [2.75, 3.05) is 31.2 Å². The molecule has 0 aliphatic carbocycles. The first-order valence-corrected chi connectivity index (χ1v) is 10.3. The van der Waals surface area contributed by atoms with Gasteiger partial charge in [0.1, 0.15) is 5.82 Å². The molecule has 9 nitrogen and oxygen atoms in total. The van der Waals surface area contributed by atoms with E-state index in [1.54, 1.807) is 26.1 Å². The number of nitrogens with zero attached hydrogens (tertiary/aromatic N) is 3. The summed E-state index contributed by atoms with van der Waals surface area (Å²) in [7, 11) is -3.94. The summed E-state index contributed by atoms with van der Waals surface area (Å²) in [6.07, 6.45) is 1.66. The first-order chi connectivity index (χ1) is 13.3. The number of pyridine rings is 1. The predicted octanol–water partition coefficient (Wildman–Crippen LogP) is 1.92. The van der Waals surface area contributed by atoms with Crippen molar-refractivity contribution in [2.45, 2.75) is 25.3 Å². The lowest BCUT2D eigenvalue weighted by molar-refractivity contribution is -0.385. The quantitative estimate of drug-likeness (QED) is 0.576. The Balaban J connectivity index is 1.86. The van der Waals surface area contributed by atoms with Crippen LogP contribution in [-0.2, 0) is 21.3 Å². The minimum absolute atomic E-state index is 0.0318. The summed E-state index contributed by atoms with van der Waals surface area (Å²) in [4.78, 5) is 16.9. The largest absolute Gasteiger partial charge is 0.378 e. The second kappa shape index (κ2) is 8.21. The molecule has 1 fully saturated rings. The van der Waals surface area contributed by atoms with Gasteiger partial charge in [0.05, 0.1) is 23.0 Å². The predicted molar refractivity (Wildman–Crippen MR) is 104 cm³/mol. The van der Waals surface area contributed by atoms with Crippen molar-refractivity contribution in [2.24, 2.45) is 0 Å². The number of non-ortho nitro benzene ring substituents is 1. The van der Waals surface area contributed by atoms with E-state index >= 15 is 0 Å². The van der Waals surface area contributed by atoms with Crippen LogP contribution in [0.3, 0.4) is 0 Å². The number of nitro groups is 1. The maximum Gasteiger partial charge on any atom is 0.271 e. The Morgan fingerprint density at radius 1 is 1.29 bits per heavy atom. The molecule has 3 rings (SSSR count). The number of hydrogen-bond acceptors (Lipinski definition) is 7. The van der Waals surface area contributed by atoms with Gasteiger partial charge in [0.2, 0.25) is 10.0 Å². The van der Waals surface area contributed by atoms with Crippen molar-refractivity contribution in [3.8, 4) is 0 Å². The Kier molecular flexibility index (Phi) is 5.92. The van der Waals surface area contributed by atoms with E-state index in [9.17, 15) is 18.5 Å². The number of morpholine rings is 1. The topological polar surface area (TPSA) is 115 Å². The highest BCUT2D eigenvalue weighted by molar-refractivity contribution is 7.89. The molecule has 1 aliphatic heterocycles. The van der Waals surface area contributed by atoms with Crippen LogP contribution in [0.25, 0.3) is 0 Å². The van der Waals surface area contributed by atoms with E-state index in [4.69, 9.17) is 4.74 Å². The van der Waals surface area contributed by atoms with Crippen LogP contribution in [0.15, 0.2) is 35.4 Å². The Bertz CT molecular complexity index is 987. The van der Waals surface area contributed by atoms with Gasteiger partial charge < -0.3 is 9.64 Å². The highest BCUT2D eigenvalue weighted by Crippen LogP contribution is 2.26. The minimum atomic E-state index is -3.94. The third-order valence-electron chi connectivity index (χ3n) is 4.74. The summed E-state index contributed by atoms with van der Waals surface area (Å²) in [6, 6.07) is 6.02. The van der Waals surface area contributed by atoms with Gasteiger partial charge in [0.15, 0.2) is 0 Å². The molecule has 1 N–H and O–H groups in total. The fraction of sp³-hybridized carbons (Fsp3) is 0.389. The lowest BCUT2D eigenvalue weighted by atomic mass is 10.1. The zero-order chi connectivity index (χ0) is 20.3. The minimum Gasteiger partial charge on any atom is -0.378 e. The lowest BCUT2D eigenvalue weighted by Crippen LogP contribution is -2.37. The fourth-order valence-corrected chi connectivity index (χ4v) is 4.41. The molecule has 1 saturated heterocycles. The smallest absolute Gasteiger partial charge is 0.271 e. The molecule has 0 amide bonds. The Morgan fingerprint density at radius 2 is 2.00 bits per heavy atom. The van der Waals surface area contributed by atoms with Crippen LogP contribution in [0.5, 0.6) is 0 Å². The van der Waals surface area contributed by atoms with Crippen LogP contribution in [0.1, 0.15) is 16.7 Å². The number of nitro benzene ring substituents is 1. The van der Waals surface area contributed by atoms with Crippen molar-refractivity contribution in [3.05, 3.63) is 57.3 Å². The molecule has 0 spiro atoms. The molecule has 2 aromatic rings. The summed E-state index contributed by atoms with van der Waals surface area (Å²) in [5, 5.41) is 11.1. The number of sulfonamides is 1. The number of nitrogens with one attached hydrogen (secondary N) is 1. The number of ether oxygens (including phenoxy) is 1. The molecule has 2 heterocycles. The van der Waals surface area contributed by atoms with Crippen molar-refractivity contribution < 1.29 is 18.1 Å². The second-order valence-corrected chi connectivity index (χ2v) is 8.29. The van der Waals surface area contributed by atoms with Gasteiger partial charge >= 0.3 is 0 Å². The summed E-state index contributed by atoms with van der Waals surface area (Å²) in [5.74, 6) is 0.709. The number of hydrogen-bond donors (Lipinski definition) is 1. The van der Waals surface area contributed by atoms with E-state index in [0.29, 0.717) is 43.2 Å². The third kappa shape index (κ3) is 4.29. The Morgan fingerprint density at radius 3 is 2.68 bits per heavy atom. The van der Waals surface area contributed by atoms with Gasteiger partial charge in [-0.2, -0.15) is 0 Å². The van der Waals surface area contributed by atoms with Gasteiger partial charge in [0.25, 0.3) is 5.69 Å². The highest BCUT2D eigenvalue weighted by Gasteiger charge is 2.23. The molecule has 0 atom stereocenters. The Hall–Kier alpha value is -2.56. The summed E-state index contributed by atoms with van der Waals surface area (Å²) in [5.41, 5.74) is 1.51. The van der Waals surface area contributed by atoms with Crippen LogP contribution < -0.4 is 9.62 Å². The average molecular weight is 406 g/mol. The van der Waals surface area contributed by atoms with Crippen molar-refractivity contribution >= 4 is 21.5 Å². The molecule has 1 aromatic carbocycles. The van der Waals surface area contributed by atoms with Crippen molar-refractivity contribution in [3.63, 3.8) is 0 Å². The average Bonchev–Trinajstić information content (AvgIpc) is 2.69. The number of aryl methyl sites for hydroxylation is 1. The standard InChI is InChI=1S/C18H22N4O5S/c1-13-10-16(22(23)24)11-17(14(13)2)28(25,26)20-12-15-4-3-5-19-18(15)21-6-8-27-9-7-21/h3-5,10-11,20H,6-9,12H2,1-2H3. The van der Waals surface area contributed by atoms with Gasteiger partial charge in [-0.1, -0.05) is 6.07 Å². The zero-order valence-corrected chi connectivity index (χ0v) is 16.5. The number of anilines is 1. The van der Waals surface area contributed by atoms with Crippen LogP contribution >= 0.6 is 0 Å². The molecule has 28 heavy (non-hydrogen) atoms. The van der Waals surface area contributed by atoms with Crippen LogP contribution in [0.2, 0.25) is 0 Å². The zero-order valence-electron chi connectivity index (χ0n) is 15.7. The number of rotatable bonds is 6. The molecular formula is C18H22N4O5S. The highest BCUT2D eigenvalue weighted by atomic mass is 32.2. The molecule has 0 saturated carbocycles. The Labute approximate surface area is 163 Å². The molecule has 10 heteroatoms. The maximum atomic E-state index is 12.9. The van der Waals surface area contributed by atoms with Crippen molar-refractivity contribution in [1.82, 2.24) is 9.71 Å². The molecule has 0 radical (unpaired) electrons. The first-order valence-electron chi connectivity index (χ1n) is 8.81. The summed E-state index contributed by atoms with van der Waals surface area (Å²) in [6.45, 7) is 5.86. The lowest BCUT2D eigenvalue weighted by Gasteiger charge is -2.29. The van der Waals surface area contributed by atoms with Crippen molar-refractivity contribution in [1.29, 1.82) is 0 Å². The normalized spacial score (nSPS) is 14.9. The third-order valence-corrected chi connectivity index (χ3v) is 6.26. The van der Waals surface area contributed by atoms with Crippen LogP contribution in [-0.4, -0.2) is 44.6 Å². The van der Waals surface area contributed by atoms with Crippen LogP contribution in [0.4, 0.5) is 11.5 Å². The molecular weight excluding hydrogens is 384 g/mol. The molecule has 0 unspecified atom stereocenters. The number of benzene rings is 1. The van der Waals surface area contributed by atoms with Gasteiger partial charge in [-0.05, 0) is 31.0 Å². The SMILES string of the molecule is Cc1cc([N+](=O)[O-])cc(S(=O)(=O)NCc2cccnc2N2CCOCC2)c1C. The molecule has 1 aromatic heterocycles. The van der Waals surface area contributed by atoms with E-state index in [-0.39, 0.29) is 17.1 Å². The maximum absolute atomic E-state index is 12.9. The van der Waals surface area contributed by atoms with Crippen LogP contribution in [0, 0.1) is 24.0 Å². The summed E-state index contributed by atoms with van der Waals surface area (Å²) >= 11 is 0. The molecule has 150 valence electrons. The summed E-state index contributed by atoms with van der Waals surface area (Å²) < 4.78 is 33.6. The number of aromatic nitrogens is 1. The van der Waals surface area contributed by atoms with E-state index in [1.165, 1.54) is 6.07 Å². The van der Waals surface area contributed by atoms with E-state index in [2.05, 4.69) is 14.6 Å². The monoisotopic (exact) mass is 406 g/mol. The van der Waals surface area contributed by atoms with E-state index in [0.717, 1.165) is 11.6 Å². The fourth-order valence-electron chi connectivity index (χ4n) is 3.07. The van der Waals surface area contributed by atoms with E-state index < -0.39 is 14.9 Å².